The molecule has 0 radical (unpaired) electrons. The van der Waals surface area contributed by atoms with Crippen molar-refractivity contribution in [3.63, 3.8) is 0 Å². The fraction of sp³-hybridized carbons (Fsp3) is 0.857. The molecule has 0 bridgehead atoms. The lowest BCUT2D eigenvalue weighted by atomic mass is 9.76. The number of nitrogens with zero attached hydrogens (tertiary/aromatic N) is 1. The Morgan fingerprint density at radius 3 is 2.47 bits per heavy atom. The SMILES string of the molecule is CC(C)OC(=O)N1C(C(=O)O)CCC2CCCCC21. The van der Waals surface area contributed by atoms with Crippen LogP contribution in [0.2, 0.25) is 0 Å². The van der Waals surface area contributed by atoms with Gasteiger partial charge in [-0.05, 0) is 45.4 Å². The highest BCUT2D eigenvalue weighted by molar-refractivity contribution is 5.80. The molecule has 2 aliphatic rings. The van der Waals surface area contributed by atoms with E-state index in [1.54, 1.807) is 13.8 Å². The van der Waals surface area contributed by atoms with Gasteiger partial charge in [0, 0.05) is 6.04 Å². The monoisotopic (exact) mass is 269 g/mol. The van der Waals surface area contributed by atoms with Crippen LogP contribution in [0, 0.1) is 5.92 Å². The fourth-order valence-corrected chi connectivity index (χ4v) is 3.40. The van der Waals surface area contributed by atoms with E-state index in [2.05, 4.69) is 0 Å². The quantitative estimate of drug-likeness (QED) is 0.836. The number of carboxylic acid groups (broad SMARTS) is 1. The molecular formula is C14H23NO4. The summed E-state index contributed by atoms with van der Waals surface area (Å²) in [6.45, 7) is 3.58. The summed E-state index contributed by atoms with van der Waals surface area (Å²) in [5, 5.41) is 9.33. The Hall–Kier alpha value is -1.26. The van der Waals surface area contributed by atoms with Crippen molar-refractivity contribution < 1.29 is 19.4 Å². The van der Waals surface area contributed by atoms with E-state index in [9.17, 15) is 14.7 Å². The van der Waals surface area contributed by atoms with Gasteiger partial charge in [-0.1, -0.05) is 12.8 Å². The van der Waals surface area contributed by atoms with Crippen LogP contribution < -0.4 is 0 Å². The fourth-order valence-electron chi connectivity index (χ4n) is 3.40. The predicted molar refractivity (Wildman–Crippen MR) is 69.9 cm³/mol. The zero-order chi connectivity index (χ0) is 14.0. The first kappa shape index (κ1) is 14.2. The second-order valence-electron chi connectivity index (χ2n) is 5.88. The molecule has 108 valence electrons. The van der Waals surface area contributed by atoms with E-state index in [0.29, 0.717) is 12.3 Å². The number of piperidine rings is 1. The Morgan fingerprint density at radius 2 is 1.84 bits per heavy atom. The van der Waals surface area contributed by atoms with Crippen LogP contribution in [-0.4, -0.2) is 40.3 Å². The van der Waals surface area contributed by atoms with Crippen LogP contribution in [0.5, 0.6) is 0 Å². The highest BCUT2D eigenvalue weighted by Crippen LogP contribution is 2.38. The van der Waals surface area contributed by atoms with Gasteiger partial charge >= 0.3 is 12.1 Å². The van der Waals surface area contributed by atoms with Crippen molar-refractivity contribution in [3.05, 3.63) is 0 Å². The minimum Gasteiger partial charge on any atom is -0.480 e. The third-order valence-electron chi connectivity index (χ3n) is 4.21. The van der Waals surface area contributed by atoms with Crippen LogP contribution >= 0.6 is 0 Å². The predicted octanol–water partition coefficient (Wildman–Crippen LogP) is 2.64. The van der Waals surface area contributed by atoms with Gasteiger partial charge in [0.2, 0.25) is 0 Å². The van der Waals surface area contributed by atoms with Crippen LogP contribution in [0.4, 0.5) is 4.79 Å². The highest BCUT2D eigenvalue weighted by Gasteiger charge is 2.44. The number of likely N-dealkylation sites (tertiary alicyclic amines) is 1. The van der Waals surface area contributed by atoms with Crippen LogP contribution in [0.3, 0.4) is 0 Å². The van der Waals surface area contributed by atoms with Gasteiger partial charge < -0.3 is 9.84 Å². The molecule has 5 heteroatoms. The second kappa shape index (κ2) is 5.80. The molecule has 1 saturated carbocycles. The first-order valence-electron chi connectivity index (χ1n) is 7.22. The van der Waals surface area contributed by atoms with E-state index >= 15 is 0 Å². The molecule has 0 aromatic carbocycles. The van der Waals surface area contributed by atoms with Gasteiger partial charge in [-0.15, -0.1) is 0 Å². The van der Waals surface area contributed by atoms with E-state index < -0.39 is 18.1 Å². The van der Waals surface area contributed by atoms with Gasteiger partial charge in [0.1, 0.15) is 6.04 Å². The summed E-state index contributed by atoms with van der Waals surface area (Å²) < 4.78 is 5.24. The molecule has 1 N–H and O–H groups in total. The molecule has 2 fully saturated rings. The molecular weight excluding hydrogens is 246 g/mol. The molecule has 1 amide bonds. The summed E-state index contributed by atoms with van der Waals surface area (Å²) in [6, 6.07) is -0.666. The van der Waals surface area contributed by atoms with Gasteiger partial charge in [0.25, 0.3) is 0 Å². The molecule has 3 atom stereocenters. The average molecular weight is 269 g/mol. The number of hydrogen-bond acceptors (Lipinski definition) is 3. The molecule has 1 heterocycles. The molecule has 1 aliphatic heterocycles. The molecule has 0 aromatic rings. The van der Waals surface area contributed by atoms with E-state index in [0.717, 1.165) is 25.7 Å². The summed E-state index contributed by atoms with van der Waals surface area (Å²) in [4.78, 5) is 25.1. The van der Waals surface area contributed by atoms with E-state index in [4.69, 9.17) is 4.74 Å². The number of ether oxygens (including phenoxy) is 1. The number of hydrogen-bond donors (Lipinski definition) is 1. The molecule has 1 saturated heterocycles. The Kier molecular flexibility index (Phi) is 4.32. The second-order valence-corrected chi connectivity index (χ2v) is 5.88. The third kappa shape index (κ3) is 3.01. The average Bonchev–Trinajstić information content (AvgIpc) is 2.36. The molecule has 3 unspecified atom stereocenters. The van der Waals surface area contributed by atoms with Gasteiger partial charge in [-0.2, -0.15) is 0 Å². The zero-order valence-corrected chi connectivity index (χ0v) is 11.7. The lowest BCUT2D eigenvalue weighted by molar-refractivity contribution is -0.147. The number of amides is 1. The van der Waals surface area contributed by atoms with Crippen molar-refractivity contribution in [1.29, 1.82) is 0 Å². The van der Waals surface area contributed by atoms with Crippen molar-refractivity contribution in [2.45, 2.75) is 70.6 Å². The van der Waals surface area contributed by atoms with Crippen molar-refractivity contribution in [2.75, 3.05) is 0 Å². The van der Waals surface area contributed by atoms with E-state index in [1.807, 2.05) is 0 Å². The van der Waals surface area contributed by atoms with Gasteiger partial charge in [-0.25, -0.2) is 9.59 Å². The van der Waals surface area contributed by atoms with Crippen LogP contribution in [0.15, 0.2) is 0 Å². The summed E-state index contributed by atoms with van der Waals surface area (Å²) in [5.41, 5.74) is 0. The maximum absolute atomic E-state index is 12.2. The number of carbonyl (C=O) groups excluding carboxylic acids is 1. The molecule has 19 heavy (non-hydrogen) atoms. The minimum atomic E-state index is -0.912. The summed E-state index contributed by atoms with van der Waals surface area (Å²) in [7, 11) is 0. The maximum atomic E-state index is 12.2. The Balaban J connectivity index is 2.18. The van der Waals surface area contributed by atoms with Crippen molar-refractivity contribution in [1.82, 2.24) is 4.90 Å². The minimum absolute atomic E-state index is 0.0508. The zero-order valence-electron chi connectivity index (χ0n) is 11.7. The Bertz CT molecular complexity index is 355. The standard InChI is InChI=1S/C14H23NO4/c1-9(2)19-14(18)15-11-6-4-3-5-10(11)7-8-12(15)13(16)17/h9-12H,3-8H2,1-2H3,(H,16,17). The summed E-state index contributed by atoms with van der Waals surface area (Å²) in [6.07, 6.45) is 5.04. The number of rotatable bonds is 2. The summed E-state index contributed by atoms with van der Waals surface area (Å²) >= 11 is 0. The topological polar surface area (TPSA) is 66.8 Å². The summed E-state index contributed by atoms with van der Waals surface area (Å²) in [5.74, 6) is -0.464. The number of carbonyl (C=O) groups is 2. The van der Waals surface area contributed by atoms with Crippen molar-refractivity contribution >= 4 is 12.1 Å². The van der Waals surface area contributed by atoms with Crippen LogP contribution in [-0.2, 0) is 9.53 Å². The lowest BCUT2D eigenvalue weighted by Crippen LogP contribution is -2.57. The smallest absolute Gasteiger partial charge is 0.411 e. The molecule has 0 aromatic heterocycles. The first-order chi connectivity index (χ1) is 9.00. The number of aliphatic carboxylic acids is 1. The highest BCUT2D eigenvalue weighted by atomic mass is 16.6. The van der Waals surface area contributed by atoms with Crippen LogP contribution in [0.25, 0.3) is 0 Å². The molecule has 2 rings (SSSR count). The van der Waals surface area contributed by atoms with Crippen molar-refractivity contribution in [3.8, 4) is 0 Å². The Morgan fingerprint density at radius 1 is 1.16 bits per heavy atom. The van der Waals surface area contributed by atoms with Crippen LogP contribution in [0.1, 0.15) is 52.4 Å². The van der Waals surface area contributed by atoms with E-state index in [1.165, 1.54) is 11.3 Å². The molecule has 1 aliphatic carbocycles. The normalized spacial score (nSPS) is 30.9. The largest absolute Gasteiger partial charge is 0.480 e. The number of carboxylic acids is 1. The Labute approximate surface area is 113 Å². The lowest BCUT2D eigenvalue weighted by Gasteiger charge is -2.46. The first-order valence-corrected chi connectivity index (χ1v) is 7.22. The van der Waals surface area contributed by atoms with Crippen molar-refractivity contribution in [2.24, 2.45) is 5.92 Å². The molecule has 0 spiro atoms. The van der Waals surface area contributed by atoms with E-state index in [-0.39, 0.29) is 12.1 Å². The third-order valence-corrected chi connectivity index (χ3v) is 4.21. The van der Waals surface area contributed by atoms with Gasteiger partial charge in [0.05, 0.1) is 6.10 Å². The van der Waals surface area contributed by atoms with Gasteiger partial charge in [0.15, 0.2) is 0 Å². The maximum Gasteiger partial charge on any atom is 0.411 e. The van der Waals surface area contributed by atoms with Gasteiger partial charge in [-0.3, -0.25) is 4.90 Å². The molecule has 5 nitrogen and oxygen atoms in total. The number of fused-ring (bicyclic) bond motifs is 1.